The summed E-state index contributed by atoms with van der Waals surface area (Å²) < 4.78 is 9.35. The van der Waals surface area contributed by atoms with E-state index in [1.807, 2.05) is 56.7 Å². The number of benzene rings is 1. The van der Waals surface area contributed by atoms with Gasteiger partial charge in [0.1, 0.15) is 11.3 Å². The third-order valence-electron chi connectivity index (χ3n) is 3.29. The predicted molar refractivity (Wildman–Crippen MR) is 82.7 cm³/mol. The van der Waals surface area contributed by atoms with Crippen LogP contribution < -0.4 is 10.5 Å². The summed E-state index contributed by atoms with van der Waals surface area (Å²) in [5, 5.41) is 4.39. The number of ether oxygens (including phenoxy) is 1. The molecule has 0 bridgehead atoms. The highest BCUT2D eigenvalue weighted by atomic mass is 16.5. The van der Waals surface area contributed by atoms with Crippen molar-refractivity contribution in [3.63, 3.8) is 0 Å². The highest BCUT2D eigenvalue weighted by Crippen LogP contribution is 2.26. The van der Waals surface area contributed by atoms with Gasteiger partial charge >= 0.3 is 0 Å². The first-order chi connectivity index (χ1) is 9.97. The van der Waals surface area contributed by atoms with Crippen LogP contribution in [0.5, 0.6) is 5.75 Å². The fourth-order valence-corrected chi connectivity index (χ4v) is 2.49. The monoisotopic (exact) mass is 285 g/mol. The highest BCUT2D eigenvalue weighted by Gasteiger charge is 2.16. The Morgan fingerprint density at radius 2 is 1.86 bits per heavy atom. The molecule has 21 heavy (non-hydrogen) atoms. The number of nitrogens with zero attached hydrogens (tertiary/aromatic N) is 4. The maximum Gasteiger partial charge on any atom is 0.207 e. The van der Waals surface area contributed by atoms with Crippen molar-refractivity contribution in [2.45, 2.75) is 26.9 Å². The lowest BCUT2D eigenvalue weighted by atomic mass is 10.3. The number of fused-ring (bicyclic) bond motifs is 1. The molecule has 0 saturated heterocycles. The number of hydrogen-bond acceptors (Lipinski definition) is 4. The maximum absolute atomic E-state index is 6.07. The van der Waals surface area contributed by atoms with Crippen LogP contribution in [0.1, 0.15) is 19.5 Å². The van der Waals surface area contributed by atoms with Gasteiger partial charge in [0.15, 0.2) is 5.65 Å². The number of aryl methyl sites for hydroxylation is 2. The number of hydrogen-bond donors (Lipinski definition) is 1. The predicted octanol–water partition coefficient (Wildman–Crippen LogP) is 2.44. The lowest BCUT2D eigenvalue weighted by Crippen LogP contribution is -2.07. The first kappa shape index (κ1) is 13.5. The third-order valence-corrected chi connectivity index (χ3v) is 3.29. The van der Waals surface area contributed by atoms with E-state index in [9.17, 15) is 0 Å². The Balaban J connectivity index is 2.10. The Morgan fingerprint density at radius 1 is 1.19 bits per heavy atom. The molecule has 3 aromatic rings. The number of imidazole rings is 1. The second kappa shape index (κ2) is 4.80. The van der Waals surface area contributed by atoms with Gasteiger partial charge in [-0.1, -0.05) is 0 Å². The normalized spacial score (nSPS) is 11.5. The van der Waals surface area contributed by atoms with Crippen molar-refractivity contribution in [2.75, 3.05) is 5.73 Å². The summed E-state index contributed by atoms with van der Waals surface area (Å²) in [5.41, 5.74) is 9.60. The zero-order valence-electron chi connectivity index (χ0n) is 12.7. The van der Waals surface area contributed by atoms with Crippen molar-refractivity contribution in [3.8, 4) is 11.4 Å². The van der Waals surface area contributed by atoms with Gasteiger partial charge in [-0.3, -0.25) is 4.57 Å². The smallest absolute Gasteiger partial charge is 0.207 e. The lowest BCUT2D eigenvalue weighted by molar-refractivity contribution is 0.242. The van der Waals surface area contributed by atoms with Crippen LogP contribution in [0, 0.1) is 6.92 Å². The number of aromatic nitrogens is 4. The molecule has 0 radical (unpaired) electrons. The van der Waals surface area contributed by atoms with Gasteiger partial charge in [0, 0.05) is 7.05 Å². The first-order valence-corrected chi connectivity index (χ1v) is 6.92. The van der Waals surface area contributed by atoms with E-state index in [4.69, 9.17) is 10.5 Å². The van der Waals surface area contributed by atoms with Gasteiger partial charge in [-0.2, -0.15) is 5.10 Å². The topological polar surface area (TPSA) is 70.9 Å². The molecular weight excluding hydrogens is 266 g/mol. The zero-order chi connectivity index (χ0) is 15.1. The van der Waals surface area contributed by atoms with E-state index < -0.39 is 0 Å². The minimum Gasteiger partial charge on any atom is -0.491 e. The third kappa shape index (κ3) is 2.22. The molecule has 6 heteroatoms. The number of rotatable bonds is 3. The molecule has 1 aromatic carbocycles. The summed E-state index contributed by atoms with van der Waals surface area (Å²) >= 11 is 0. The van der Waals surface area contributed by atoms with Crippen molar-refractivity contribution in [1.82, 2.24) is 19.3 Å². The minimum atomic E-state index is 0.153. The van der Waals surface area contributed by atoms with E-state index >= 15 is 0 Å². The SMILES string of the molecule is Cc1nn(C)c2c1nc(N)n2-c1ccc(OC(C)C)cc1. The largest absolute Gasteiger partial charge is 0.491 e. The summed E-state index contributed by atoms with van der Waals surface area (Å²) in [6.07, 6.45) is 0.153. The Kier molecular flexibility index (Phi) is 3.08. The van der Waals surface area contributed by atoms with Crippen molar-refractivity contribution in [2.24, 2.45) is 7.05 Å². The molecule has 0 aliphatic rings. The van der Waals surface area contributed by atoms with E-state index in [0.29, 0.717) is 5.95 Å². The van der Waals surface area contributed by atoms with Gasteiger partial charge in [-0.25, -0.2) is 9.67 Å². The standard InChI is InChI=1S/C15H19N5O/c1-9(2)21-12-7-5-11(6-8-12)20-14-13(17-15(20)16)10(3)18-19(14)4/h5-9H,1-4H3,(H2,16,17). The van der Waals surface area contributed by atoms with Crippen molar-refractivity contribution in [1.29, 1.82) is 0 Å². The second-order valence-corrected chi connectivity index (χ2v) is 5.35. The summed E-state index contributed by atoms with van der Waals surface area (Å²) in [4.78, 5) is 4.41. The fourth-order valence-electron chi connectivity index (χ4n) is 2.49. The van der Waals surface area contributed by atoms with E-state index in [-0.39, 0.29) is 6.10 Å². The molecule has 0 aliphatic heterocycles. The van der Waals surface area contributed by atoms with Gasteiger partial charge in [0.2, 0.25) is 5.95 Å². The molecule has 0 aliphatic carbocycles. The Labute approximate surface area is 123 Å². The molecule has 2 N–H and O–H groups in total. The Morgan fingerprint density at radius 3 is 2.48 bits per heavy atom. The van der Waals surface area contributed by atoms with Gasteiger partial charge < -0.3 is 10.5 Å². The fraction of sp³-hybridized carbons (Fsp3) is 0.333. The average Bonchev–Trinajstić information content (AvgIpc) is 2.88. The van der Waals surface area contributed by atoms with E-state index in [1.54, 1.807) is 4.68 Å². The van der Waals surface area contributed by atoms with Crippen LogP contribution in [0.15, 0.2) is 24.3 Å². The van der Waals surface area contributed by atoms with Crippen LogP contribution in [0.4, 0.5) is 5.95 Å². The molecule has 0 spiro atoms. The van der Waals surface area contributed by atoms with Crippen molar-refractivity contribution < 1.29 is 4.74 Å². The summed E-state index contributed by atoms with van der Waals surface area (Å²) in [6, 6.07) is 7.81. The van der Waals surface area contributed by atoms with Crippen LogP contribution in [0.25, 0.3) is 16.9 Å². The quantitative estimate of drug-likeness (QED) is 0.802. The highest BCUT2D eigenvalue weighted by molar-refractivity contribution is 5.80. The van der Waals surface area contributed by atoms with Crippen molar-refractivity contribution >= 4 is 17.1 Å². The molecule has 0 amide bonds. The van der Waals surface area contributed by atoms with Gasteiger partial charge in [0.05, 0.1) is 17.5 Å². The van der Waals surface area contributed by atoms with Crippen LogP contribution in [-0.4, -0.2) is 25.4 Å². The molecule has 2 aromatic heterocycles. The van der Waals surface area contributed by atoms with Crippen LogP contribution in [-0.2, 0) is 7.05 Å². The molecule has 0 saturated carbocycles. The van der Waals surface area contributed by atoms with Crippen LogP contribution in [0.2, 0.25) is 0 Å². The van der Waals surface area contributed by atoms with Crippen molar-refractivity contribution in [3.05, 3.63) is 30.0 Å². The minimum absolute atomic E-state index is 0.153. The maximum atomic E-state index is 6.07. The summed E-state index contributed by atoms with van der Waals surface area (Å²) in [7, 11) is 1.89. The summed E-state index contributed by atoms with van der Waals surface area (Å²) in [6.45, 7) is 5.94. The molecule has 0 fully saturated rings. The Bertz CT molecular complexity index is 783. The second-order valence-electron chi connectivity index (χ2n) is 5.35. The van der Waals surface area contributed by atoms with E-state index in [1.165, 1.54) is 0 Å². The zero-order valence-corrected chi connectivity index (χ0v) is 12.7. The van der Waals surface area contributed by atoms with Crippen LogP contribution >= 0.6 is 0 Å². The average molecular weight is 285 g/mol. The van der Waals surface area contributed by atoms with Gasteiger partial charge in [-0.05, 0) is 45.0 Å². The molecule has 0 atom stereocenters. The molecule has 110 valence electrons. The Hall–Kier alpha value is -2.50. The van der Waals surface area contributed by atoms with E-state index in [0.717, 1.165) is 28.3 Å². The summed E-state index contributed by atoms with van der Waals surface area (Å²) in [5.74, 6) is 1.29. The number of nitrogen functional groups attached to an aromatic ring is 1. The molecule has 2 heterocycles. The molecular formula is C15H19N5O. The van der Waals surface area contributed by atoms with Gasteiger partial charge in [-0.15, -0.1) is 0 Å². The molecule has 3 rings (SSSR count). The molecule has 6 nitrogen and oxygen atoms in total. The first-order valence-electron chi connectivity index (χ1n) is 6.92. The number of nitrogens with two attached hydrogens (primary N) is 1. The van der Waals surface area contributed by atoms with Crippen LogP contribution in [0.3, 0.4) is 0 Å². The molecule has 0 unspecified atom stereocenters. The van der Waals surface area contributed by atoms with E-state index in [2.05, 4.69) is 10.1 Å². The lowest BCUT2D eigenvalue weighted by Gasteiger charge is -2.11. The van der Waals surface area contributed by atoms with Gasteiger partial charge in [0.25, 0.3) is 0 Å². The number of anilines is 1.